The van der Waals surface area contributed by atoms with Crippen LogP contribution >= 0.6 is 0 Å². The van der Waals surface area contributed by atoms with Gasteiger partial charge in [0.15, 0.2) is 0 Å². The number of nitrogens with one attached hydrogen (secondary N) is 1. The molecule has 1 aromatic heterocycles. The molecule has 1 unspecified atom stereocenters. The Balaban J connectivity index is 1.56. The van der Waals surface area contributed by atoms with E-state index < -0.39 is 0 Å². The molecule has 0 saturated carbocycles. The first kappa shape index (κ1) is 12.6. The summed E-state index contributed by atoms with van der Waals surface area (Å²) in [4.78, 5) is 4.74. The fourth-order valence-electron chi connectivity index (χ4n) is 2.99. The van der Waals surface area contributed by atoms with Gasteiger partial charge >= 0.3 is 0 Å². The first-order valence-electron chi connectivity index (χ1n) is 7.47. The summed E-state index contributed by atoms with van der Waals surface area (Å²) in [5.74, 6) is 0.884. The quantitative estimate of drug-likeness (QED) is 0.902. The second-order valence-electron chi connectivity index (χ2n) is 5.60. The molecule has 0 aliphatic carbocycles. The zero-order chi connectivity index (χ0) is 12.9. The van der Waals surface area contributed by atoms with E-state index in [4.69, 9.17) is 4.98 Å². The van der Waals surface area contributed by atoms with Gasteiger partial charge in [0.1, 0.15) is 0 Å². The van der Waals surface area contributed by atoms with Gasteiger partial charge in [-0.05, 0) is 63.2 Å². The van der Waals surface area contributed by atoms with Gasteiger partial charge in [0.25, 0.3) is 0 Å². The number of aromatic nitrogens is 1. The number of fused-ring (bicyclic) bond motifs is 1. The molecule has 0 bridgehead atoms. The lowest BCUT2D eigenvalue weighted by Gasteiger charge is -2.22. The molecule has 1 atom stereocenters. The monoisotopic (exact) mass is 254 g/mol. The predicted octanol–water partition coefficient (Wildman–Crippen LogP) is 3.56. The van der Waals surface area contributed by atoms with Crippen LogP contribution in [-0.2, 0) is 6.42 Å². The van der Waals surface area contributed by atoms with E-state index >= 15 is 0 Å². The molecule has 0 amide bonds. The van der Waals surface area contributed by atoms with Crippen LogP contribution in [0.25, 0.3) is 10.9 Å². The van der Waals surface area contributed by atoms with E-state index in [1.165, 1.54) is 49.9 Å². The molecule has 19 heavy (non-hydrogen) atoms. The topological polar surface area (TPSA) is 24.9 Å². The van der Waals surface area contributed by atoms with Crippen molar-refractivity contribution in [3.8, 4) is 0 Å². The van der Waals surface area contributed by atoms with Crippen molar-refractivity contribution in [3.05, 3.63) is 42.1 Å². The molecule has 1 saturated heterocycles. The van der Waals surface area contributed by atoms with Gasteiger partial charge in [-0.1, -0.05) is 24.3 Å². The highest BCUT2D eigenvalue weighted by Gasteiger charge is 2.12. The minimum absolute atomic E-state index is 0.884. The lowest BCUT2D eigenvalue weighted by Crippen LogP contribution is -2.29. The fourth-order valence-corrected chi connectivity index (χ4v) is 2.99. The minimum atomic E-state index is 0.884. The Hall–Kier alpha value is -1.41. The molecule has 100 valence electrons. The minimum Gasteiger partial charge on any atom is -0.316 e. The van der Waals surface area contributed by atoms with Gasteiger partial charge in [-0.15, -0.1) is 0 Å². The zero-order valence-corrected chi connectivity index (χ0v) is 11.4. The molecule has 1 fully saturated rings. The van der Waals surface area contributed by atoms with Gasteiger partial charge in [-0.25, -0.2) is 0 Å². The molecule has 2 heteroatoms. The Bertz CT molecular complexity index is 530. The third-order valence-corrected chi connectivity index (χ3v) is 4.10. The SMILES string of the molecule is c1ccc2nc(CCCC3CCCNC3)ccc2c1. The Kier molecular flexibility index (Phi) is 4.09. The number of para-hydroxylation sites is 1. The lowest BCUT2D eigenvalue weighted by molar-refractivity contribution is 0.350. The van der Waals surface area contributed by atoms with E-state index in [2.05, 4.69) is 41.7 Å². The number of piperidine rings is 1. The van der Waals surface area contributed by atoms with Crippen LogP contribution in [0.1, 0.15) is 31.4 Å². The Morgan fingerprint density at radius 3 is 3.00 bits per heavy atom. The average molecular weight is 254 g/mol. The third-order valence-electron chi connectivity index (χ3n) is 4.10. The Morgan fingerprint density at radius 1 is 1.16 bits per heavy atom. The molecule has 0 spiro atoms. The van der Waals surface area contributed by atoms with Crippen LogP contribution in [0.2, 0.25) is 0 Å². The summed E-state index contributed by atoms with van der Waals surface area (Å²) < 4.78 is 0. The maximum absolute atomic E-state index is 4.74. The van der Waals surface area contributed by atoms with Crippen LogP contribution in [0.4, 0.5) is 0 Å². The highest BCUT2D eigenvalue weighted by molar-refractivity contribution is 5.78. The van der Waals surface area contributed by atoms with Gasteiger partial charge in [0, 0.05) is 11.1 Å². The fraction of sp³-hybridized carbons (Fsp3) is 0.471. The molecule has 1 aromatic carbocycles. The molecule has 3 rings (SSSR count). The second-order valence-corrected chi connectivity index (χ2v) is 5.60. The average Bonchev–Trinajstić information content (AvgIpc) is 2.48. The molecule has 0 radical (unpaired) electrons. The number of nitrogens with zero attached hydrogens (tertiary/aromatic N) is 1. The van der Waals surface area contributed by atoms with Gasteiger partial charge < -0.3 is 5.32 Å². The smallest absolute Gasteiger partial charge is 0.0705 e. The number of hydrogen-bond acceptors (Lipinski definition) is 2. The maximum Gasteiger partial charge on any atom is 0.0705 e. The highest BCUT2D eigenvalue weighted by Crippen LogP contribution is 2.18. The molecular formula is C17H22N2. The summed E-state index contributed by atoms with van der Waals surface area (Å²) in [6, 6.07) is 12.7. The van der Waals surface area contributed by atoms with Crippen LogP contribution in [0.5, 0.6) is 0 Å². The second kappa shape index (κ2) is 6.16. The number of rotatable bonds is 4. The Labute approximate surface area is 115 Å². The number of hydrogen-bond donors (Lipinski definition) is 1. The van der Waals surface area contributed by atoms with Crippen LogP contribution in [0.15, 0.2) is 36.4 Å². The molecular weight excluding hydrogens is 232 g/mol. The number of pyridine rings is 1. The van der Waals surface area contributed by atoms with E-state index in [1.54, 1.807) is 0 Å². The summed E-state index contributed by atoms with van der Waals surface area (Å²) in [6.07, 6.45) is 6.46. The van der Waals surface area contributed by atoms with Gasteiger partial charge in [-0.2, -0.15) is 0 Å². The maximum atomic E-state index is 4.74. The van der Waals surface area contributed by atoms with Crippen molar-refractivity contribution in [2.75, 3.05) is 13.1 Å². The van der Waals surface area contributed by atoms with Gasteiger partial charge in [0.05, 0.1) is 5.52 Å². The van der Waals surface area contributed by atoms with Crippen LogP contribution in [-0.4, -0.2) is 18.1 Å². The lowest BCUT2D eigenvalue weighted by atomic mass is 9.93. The van der Waals surface area contributed by atoms with Crippen LogP contribution in [0, 0.1) is 5.92 Å². The molecule has 1 aliphatic rings. The van der Waals surface area contributed by atoms with E-state index in [0.717, 1.165) is 17.9 Å². The molecule has 1 N–H and O–H groups in total. The summed E-state index contributed by atoms with van der Waals surface area (Å²) in [5, 5.41) is 4.73. The summed E-state index contributed by atoms with van der Waals surface area (Å²) in [7, 11) is 0. The standard InChI is InChI=1S/C17H22N2/c1-2-9-17-15(7-1)10-11-16(19-17)8-3-5-14-6-4-12-18-13-14/h1-2,7,9-11,14,18H,3-6,8,12-13H2. The van der Waals surface area contributed by atoms with Gasteiger partial charge in [-0.3, -0.25) is 4.98 Å². The van der Waals surface area contributed by atoms with Crippen molar-refractivity contribution >= 4 is 10.9 Å². The van der Waals surface area contributed by atoms with Crippen molar-refractivity contribution in [3.63, 3.8) is 0 Å². The molecule has 2 aromatic rings. The van der Waals surface area contributed by atoms with E-state index in [0.29, 0.717) is 0 Å². The third kappa shape index (κ3) is 3.32. The normalized spacial score (nSPS) is 19.7. The first-order valence-corrected chi connectivity index (χ1v) is 7.47. The first-order chi connectivity index (χ1) is 9.42. The van der Waals surface area contributed by atoms with Crippen molar-refractivity contribution in [1.82, 2.24) is 10.3 Å². The highest BCUT2D eigenvalue weighted by atomic mass is 14.9. The molecule has 1 aliphatic heterocycles. The van der Waals surface area contributed by atoms with Crippen molar-refractivity contribution in [2.45, 2.75) is 32.1 Å². The summed E-state index contributed by atoms with van der Waals surface area (Å²) >= 11 is 0. The zero-order valence-electron chi connectivity index (χ0n) is 11.4. The van der Waals surface area contributed by atoms with Crippen molar-refractivity contribution < 1.29 is 0 Å². The van der Waals surface area contributed by atoms with E-state index in [1.807, 2.05) is 0 Å². The predicted molar refractivity (Wildman–Crippen MR) is 80.3 cm³/mol. The summed E-state index contributed by atoms with van der Waals surface area (Å²) in [6.45, 7) is 2.42. The largest absolute Gasteiger partial charge is 0.316 e. The van der Waals surface area contributed by atoms with Crippen LogP contribution in [0.3, 0.4) is 0 Å². The van der Waals surface area contributed by atoms with E-state index in [-0.39, 0.29) is 0 Å². The number of aryl methyl sites for hydroxylation is 1. The van der Waals surface area contributed by atoms with Crippen molar-refractivity contribution in [1.29, 1.82) is 0 Å². The van der Waals surface area contributed by atoms with E-state index in [9.17, 15) is 0 Å². The van der Waals surface area contributed by atoms with Crippen molar-refractivity contribution in [2.24, 2.45) is 5.92 Å². The van der Waals surface area contributed by atoms with Gasteiger partial charge in [0.2, 0.25) is 0 Å². The molecule has 2 nitrogen and oxygen atoms in total. The number of benzene rings is 1. The molecule has 2 heterocycles. The van der Waals surface area contributed by atoms with Crippen LogP contribution < -0.4 is 5.32 Å². The Morgan fingerprint density at radius 2 is 2.11 bits per heavy atom. The summed E-state index contributed by atoms with van der Waals surface area (Å²) in [5.41, 5.74) is 2.36.